The normalized spacial score (nSPS) is 12.6. The van der Waals surface area contributed by atoms with Gasteiger partial charge < -0.3 is 9.73 Å². The van der Waals surface area contributed by atoms with Crippen LogP contribution in [0.2, 0.25) is 5.02 Å². The van der Waals surface area contributed by atoms with Crippen molar-refractivity contribution in [3.05, 3.63) is 34.9 Å². The summed E-state index contributed by atoms with van der Waals surface area (Å²) in [6.45, 7) is 4.79. The summed E-state index contributed by atoms with van der Waals surface area (Å²) in [5.41, 5.74) is 0.147. The van der Waals surface area contributed by atoms with Gasteiger partial charge in [-0.2, -0.15) is 0 Å². The van der Waals surface area contributed by atoms with Crippen molar-refractivity contribution in [3.63, 3.8) is 0 Å². The monoisotopic (exact) mass is 283 g/mol. The maximum Gasteiger partial charge on any atom is 0.252 e. The topological polar surface area (TPSA) is 51.0 Å². The van der Waals surface area contributed by atoms with Gasteiger partial charge in [-0.15, -0.1) is 10.2 Å². The molecule has 1 aromatic heterocycles. The highest BCUT2D eigenvalue weighted by Crippen LogP contribution is 2.30. The van der Waals surface area contributed by atoms with Crippen molar-refractivity contribution in [3.8, 4) is 11.5 Å². The highest BCUT2D eigenvalue weighted by molar-refractivity contribution is 6.33. The van der Waals surface area contributed by atoms with Crippen molar-refractivity contribution in [1.82, 2.24) is 15.5 Å². The Morgan fingerprint density at radius 1 is 1.37 bits per heavy atom. The predicted octanol–water partition coefficient (Wildman–Crippen LogP) is 3.59. The van der Waals surface area contributed by atoms with Crippen molar-refractivity contribution in [1.29, 1.82) is 0 Å². The summed E-state index contributed by atoms with van der Waals surface area (Å²) in [5.74, 6) is 0.0762. The van der Waals surface area contributed by atoms with Crippen LogP contribution < -0.4 is 5.32 Å². The van der Waals surface area contributed by atoms with E-state index < -0.39 is 5.82 Å². The standard InChI is InChI=1S/C13H15ClFN3O/c1-3-10(16-4-2)12-17-18-13(19-12)11-8(14)6-5-7-9(11)15/h5-7,10,16H,3-4H2,1-2H3. The summed E-state index contributed by atoms with van der Waals surface area (Å²) in [4.78, 5) is 0. The fraction of sp³-hybridized carbons (Fsp3) is 0.385. The van der Waals surface area contributed by atoms with E-state index in [0.29, 0.717) is 5.89 Å². The summed E-state index contributed by atoms with van der Waals surface area (Å²) < 4.78 is 19.3. The van der Waals surface area contributed by atoms with Crippen LogP contribution in [-0.2, 0) is 0 Å². The number of hydrogen-bond acceptors (Lipinski definition) is 4. The lowest BCUT2D eigenvalue weighted by Gasteiger charge is -2.10. The SMILES string of the molecule is CCNC(CC)c1nnc(-c2c(F)cccc2Cl)o1. The Kier molecular flexibility index (Phi) is 4.50. The zero-order valence-corrected chi connectivity index (χ0v) is 11.5. The first-order chi connectivity index (χ1) is 9.17. The molecule has 0 saturated carbocycles. The predicted molar refractivity (Wildman–Crippen MR) is 71.4 cm³/mol. The van der Waals surface area contributed by atoms with Crippen molar-refractivity contribution < 1.29 is 8.81 Å². The summed E-state index contributed by atoms with van der Waals surface area (Å²) in [6, 6.07) is 4.40. The largest absolute Gasteiger partial charge is 0.419 e. The fourth-order valence-electron chi connectivity index (χ4n) is 1.83. The fourth-order valence-corrected chi connectivity index (χ4v) is 2.08. The van der Waals surface area contributed by atoms with E-state index in [4.69, 9.17) is 16.0 Å². The van der Waals surface area contributed by atoms with Crippen LogP contribution in [0.15, 0.2) is 22.6 Å². The maximum atomic E-state index is 13.7. The van der Waals surface area contributed by atoms with E-state index in [9.17, 15) is 4.39 Å². The Morgan fingerprint density at radius 3 is 2.79 bits per heavy atom. The summed E-state index contributed by atoms with van der Waals surface area (Å²) in [7, 11) is 0. The maximum absolute atomic E-state index is 13.7. The van der Waals surface area contributed by atoms with Gasteiger partial charge in [0.2, 0.25) is 5.89 Å². The molecule has 1 atom stereocenters. The van der Waals surface area contributed by atoms with Gasteiger partial charge in [-0.05, 0) is 25.1 Å². The number of rotatable bonds is 5. The van der Waals surface area contributed by atoms with Gasteiger partial charge >= 0.3 is 0 Å². The molecule has 102 valence electrons. The second-order valence-electron chi connectivity index (χ2n) is 4.06. The lowest BCUT2D eigenvalue weighted by atomic mass is 10.2. The molecule has 0 aliphatic rings. The molecule has 0 amide bonds. The number of aromatic nitrogens is 2. The van der Waals surface area contributed by atoms with E-state index in [-0.39, 0.29) is 22.5 Å². The summed E-state index contributed by atoms with van der Waals surface area (Å²) in [6.07, 6.45) is 0.806. The quantitative estimate of drug-likeness (QED) is 0.911. The average molecular weight is 284 g/mol. The molecule has 4 nitrogen and oxygen atoms in total. The molecular weight excluding hydrogens is 269 g/mol. The lowest BCUT2D eigenvalue weighted by Crippen LogP contribution is -2.20. The summed E-state index contributed by atoms with van der Waals surface area (Å²) >= 11 is 5.96. The van der Waals surface area contributed by atoms with E-state index in [2.05, 4.69) is 15.5 Å². The number of hydrogen-bond donors (Lipinski definition) is 1. The molecule has 1 heterocycles. The molecule has 0 spiro atoms. The Balaban J connectivity index is 2.35. The smallest absolute Gasteiger partial charge is 0.252 e. The number of benzene rings is 1. The molecule has 0 bridgehead atoms. The van der Waals surface area contributed by atoms with Gasteiger partial charge in [-0.25, -0.2) is 4.39 Å². The molecule has 0 fully saturated rings. The Hall–Kier alpha value is -1.46. The third kappa shape index (κ3) is 2.93. The molecular formula is C13H15ClFN3O. The first-order valence-electron chi connectivity index (χ1n) is 6.18. The van der Waals surface area contributed by atoms with Gasteiger partial charge in [0.05, 0.1) is 16.6 Å². The Labute approximate surface area is 116 Å². The van der Waals surface area contributed by atoms with E-state index in [0.717, 1.165) is 13.0 Å². The first kappa shape index (κ1) is 14.0. The molecule has 1 unspecified atom stereocenters. The van der Waals surface area contributed by atoms with Crippen molar-refractivity contribution in [2.24, 2.45) is 0 Å². The van der Waals surface area contributed by atoms with Gasteiger partial charge in [-0.1, -0.05) is 31.5 Å². The minimum Gasteiger partial charge on any atom is -0.419 e. The molecule has 0 saturated heterocycles. The average Bonchev–Trinajstić information content (AvgIpc) is 2.85. The number of nitrogens with zero attached hydrogens (tertiary/aromatic N) is 2. The van der Waals surface area contributed by atoms with Gasteiger partial charge in [0.25, 0.3) is 5.89 Å². The van der Waals surface area contributed by atoms with Crippen LogP contribution in [0.1, 0.15) is 32.2 Å². The third-order valence-electron chi connectivity index (χ3n) is 2.77. The molecule has 1 N–H and O–H groups in total. The van der Waals surface area contributed by atoms with Crippen LogP contribution in [0.25, 0.3) is 11.5 Å². The van der Waals surface area contributed by atoms with Crippen LogP contribution in [-0.4, -0.2) is 16.7 Å². The summed E-state index contributed by atoms with van der Waals surface area (Å²) in [5, 5.41) is 11.3. The van der Waals surface area contributed by atoms with Gasteiger partial charge in [0.15, 0.2) is 0 Å². The van der Waals surface area contributed by atoms with Crippen molar-refractivity contribution in [2.75, 3.05) is 6.54 Å². The van der Waals surface area contributed by atoms with Crippen LogP contribution in [0.5, 0.6) is 0 Å². The van der Waals surface area contributed by atoms with E-state index >= 15 is 0 Å². The molecule has 19 heavy (non-hydrogen) atoms. The number of halogens is 2. The zero-order chi connectivity index (χ0) is 13.8. The van der Waals surface area contributed by atoms with Crippen LogP contribution in [0.4, 0.5) is 4.39 Å². The Bertz CT molecular complexity index is 538. The molecule has 6 heteroatoms. The molecule has 2 aromatic rings. The first-order valence-corrected chi connectivity index (χ1v) is 6.56. The van der Waals surface area contributed by atoms with Crippen LogP contribution in [0.3, 0.4) is 0 Å². The molecule has 0 radical (unpaired) electrons. The van der Waals surface area contributed by atoms with Gasteiger partial charge in [0, 0.05) is 0 Å². The third-order valence-corrected chi connectivity index (χ3v) is 3.09. The minimum absolute atomic E-state index is 0.0307. The van der Waals surface area contributed by atoms with Gasteiger partial charge in [0.1, 0.15) is 5.82 Å². The van der Waals surface area contributed by atoms with Crippen LogP contribution in [0, 0.1) is 5.82 Å². The molecule has 0 aliphatic heterocycles. The number of nitrogens with one attached hydrogen (secondary N) is 1. The highest BCUT2D eigenvalue weighted by Gasteiger charge is 2.20. The van der Waals surface area contributed by atoms with E-state index in [1.54, 1.807) is 6.07 Å². The Morgan fingerprint density at radius 2 is 2.16 bits per heavy atom. The highest BCUT2D eigenvalue weighted by atomic mass is 35.5. The minimum atomic E-state index is -0.473. The van der Waals surface area contributed by atoms with Crippen molar-refractivity contribution >= 4 is 11.6 Å². The second kappa shape index (κ2) is 6.12. The van der Waals surface area contributed by atoms with Crippen molar-refractivity contribution in [2.45, 2.75) is 26.3 Å². The molecule has 0 aliphatic carbocycles. The van der Waals surface area contributed by atoms with E-state index in [1.165, 1.54) is 12.1 Å². The second-order valence-corrected chi connectivity index (χ2v) is 4.47. The van der Waals surface area contributed by atoms with Gasteiger partial charge in [-0.3, -0.25) is 0 Å². The zero-order valence-electron chi connectivity index (χ0n) is 10.8. The molecule has 2 rings (SSSR count). The molecule has 1 aromatic carbocycles. The lowest BCUT2D eigenvalue weighted by molar-refractivity contribution is 0.401. The van der Waals surface area contributed by atoms with E-state index in [1.807, 2.05) is 13.8 Å². The van der Waals surface area contributed by atoms with Crippen LogP contribution >= 0.6 is 11.6 Å².